The number of anilines is 1. The molecule has 0 amide bonds. The van der Waals surface area contributed by atoms with Crippen LogP contribution in [0.5, 0.6) is 5.75 Å². The molecule has 0 aliphatic carbocycles. The Bertz CT molecular complexity index is 667. The number of hydrogen-bond donors (Lipinski definition) is 2. The zero-order valence-electron chi connectivity index (χ0n) is 11.1. The number of nitrogens with two attached hydrogens (primary N) is 1. The first-order valence-electron chi connectivity index (χ1n) is 5.84. The minimum Gasteiger partial charge on any atom is -0.486 e. The summed E-state index contributed by atoms with van der Waals surface area (Å²) in [5.41, 5.74) is 7.12. The van der Waals surface area contributed by atoms with Gasteiger partial charge >= 0.3 is 5.97 Å². The third-order valence-corrected chi connectivity index (χ3v) is 3.39. The maximum Gasteiger partial charge on any atom is 0.341 e. The van der Waals surface area contributed by atoms with E-state index in [1.54, 1.807) is 30.8 Å². The maximum absolute atomic E-state index is 11.2. The van der Waals surface area contributed by atoms with Crippen molar-refractivity contribution in [1.29, 1.82) is 0 Å². The molecule has 0 saturated heterocycles. The van der Waals surface area contributed by atoms with Crippen molar-refractivity contribution in [3.63, 3.8) is 0 Å². The molecular formula is C13H14ClN3O3. The Hall–Kier alpha value is -2.21. The van der Waals surface area contributed by atoms with E-state index in [0.717, 1.165) is 0 Å². The van der Waals surface area contributed by atoms with Crippen LogP contribution in [0.15, 0.2) is 18.2 Å². The molecule has 1 aromatic carbocycles. The van der Waals surface area contributed by atoms with Gasteiger partial charge in [-0.25, -0.2) is 4.79 Å². The highest BCUT2D eigenvalue weighted by Crippen LogP contribution is 2.27. The summed E-state index contributed by atoms with van der Waals surface area (Å²) in [4.78, 5) is 11.2. The highest BCUT2D eigenvalue weighted by Gasteiger charge is 2.17. The average Bonchev–Trinajstić information content (AvgIpc) is 2.61. The van der Waals surface area contributed by atoms with Crippen LogP contribution in [-0.4, -0.2) is 20.9 Å². The van der Waals surface area contributed by atoms with E-state index in [-0.39, 0.29) is 23.6 Å². The van der Waals surface area contributed by atoms with Gasteiger partial charge in [-0.1, -0.05) is 17.7 Å². The van der Waals surface area contributed by atoms with Gasteiger partial charge in [-0.2, -0.15) is 5.10 Å². The average molecular weight is 296 g/mol. The Labute approximate surface area is 120 Å². The van der Waals surface area contributed by atoms with Crippen molar-refractivity contribution in [3.8, 4) is 5.75 Å². The summed E-state index contributed by atoms with van der Waals surface area (Å²) in [6.45, 7) is 1.90. The van der Waals surface area contributed by atoms with E-state index in [4.69, 9.17) is 27.2 Å². The molecule has 6 nitrogen and oxygen atoms in total. The normalized spacial score (nSPS) is 10.6. The fourth-order valence-electron chi connectivity index (χ4n) is 1.88. The number of carboxylic acid groups (broad SMARTS) is 1. The summed E-state index contributed by atoms with van der Waals surface area (Å²) in [6.07, 6.45) is 0. The Kier molecular flexibility index (Phi) is 3.85. The van der Waals surface area contributed by atoms with Crippen LogP contribution >= 0.6 is 11.6 Å². The van der Waals surface area contributed by atoms with Gasteiger partial charge in [0.1, 0.15) is 17.9 Å². The standard InChI is InChI=1S/C13H14ClN3O3/c1-7-12(14)9(17(2)16-7)6-20-10-5-3-4-8(15)11(10)13(18)19/h3-5H,6,15H2,1-2H3,(H,18,19). The van der Waals surface area contributed by atoms with Crippen molar-refractivity contribution >= 4 is 23.3 Å². The fraction of sp³-hybridized carbons (Fsp3) is 0.231. The number of halogens is 1. The van der Waals surface area contributed by atoms with Crippen LogP contribution in [0.4, 0.5) is 5.69 Å². The molecule has 106 valence electrons. The third-order valence-electron chi connectivity index (χ3n) is 2.90. The lowest BCUT2D eigenvalue weighted by molar-refractivity contribution is 0.0693. The van der Waals surface area contributed by atoms with Crippen molar-refractivity contribution in [3.05, 3.63) is 40.2 Å². The lowest BCUT2D eigenvalue weighted by Gasteiger charge is -2.11. The molecule has 0 fully saturated rings. The molecule has 0 aliphatic heterocycles. The van der Waals surface area contributed by atoms with Gasteiger partial charge in [-0.15, -0.1) is 0 Å². The second-order valence-electron chi connectivity index (χ2n) is 4.28. The summed E-state index contributed by atoms with van der Waals surface area (Å²) in [7, 11) is 1.75. The van der Waals surface area contributed by atoms with E-state index in [1.165, 1.54) is 6.07 Å². The number of aryl methyl sites for hydroxylation is 2. The molecule has 0 saturated carbocycles. The molecule has 1 heterocycles. The molecule has 0 spiro atoms. The van der Waals surface area contributed by atoms with Gasteiger partial charge in [-0.05, 0) is 19.1 Å². The van der Waals surface area contributed by atoms with Gasteiger partial charge in [0.25, 0.3) is 0 Å². The van der Waals surface area contributed by atoms with Gasteiger partial charge in [0.15, 0.2) is 0 Å². The van der Waals surface area contributed by atoms with Crippen LogP contribution in [0.2, 0.25) is 5.02 Å². The molecule has 20 heavy (non-hydrogen) atoms. The van der Waals surface area contributed by atoms with Gasteiger partial charge in [0, 0.05) is 12.7 Å². The molecule has 2 aromatic rings. The van der Waals surface area contributed by atoms with E-state index in [1.807, 2.05) is 0 Å². The molecular weight excluding hydrogens is 282 g/mol. The van der Waals surface area contributed by atoms with Crippen molar-refractivity contribution in [1.82, 2.24) is 9.78 Å². The second-order valence-corrected chi connectivity index (χ2v) is 4.66. The first-order valence-corrected chi connectivity index (χ1v) is 6.22. The van der Waals surface area contributed by atoms with Crippen molar-refractivity contribution < 1.29 is 14.6 Å². The minimum atomic E-state index is -1.13. The van der Waals surface area contributed by atoms with E-state index in [9.17, 15) is 4.79 Å². The first kappa shape index (κ1) is 14.2. The number of nitrogen functional groups attached to an aromatic ring is 1. The number of carboxylic acids is 1. The predicted molar refractivity (Wildman–Crippen MR) is 75.1 cm³/mol. The van der Waals surface area contributed by atoms with Gasteiger partial charge in [0.05, 0.1) is 16.4 Å². The number of carbonyl (C=O) groups is 1. The minimum absolute atomic E-state index is 0.0532. The fourth-order valence-corrected chi connectivity index (χ4v) is 2.09. The van der Waals surface area contributed by atoms with Crippen LogP contribution in [0.3, 0.4) is 0 Å². The van der Waals surface area contributed by atoms with Crippen molar-refractivity contribution in [2.75, 3.05) is 5.73 Å². The number of nitrogens with zero attached hydrogens (tertiary/aromatic N) is 2. The highest BCUT2D eigenvalue weighted by atomic mass is 35.5. The summed E-state index contributed by atoms with van der Waals surface area (Å²) in [5, 5.41) is 13.8. The molecule has 0 unspecified atom stereocenters. The number of benzene rings is 1. The molecule has 0 bridgehead atoms. The summed E-state index contributed by atoms with van der Waals surface area (Å²) in [6, 6.07) is 4.70. The lowest BCUT2D eigenvalue weighted by atomic mass is 10.1. The van der Waals surface area contributed by atoms with Crippen LogP contribution in [-0.2, 0) is 13.7 Å². The van der Waals surface area contributed by atoms with Gasteiger partial charge < -0.3 is 15.6 Å². The molecule has 0 radical (unpaired) electrons. The second kappa shape index (κ2) is 5.42. The summed E-state index contributed by atoms with van der Waals surface area (Å²) >= 11 is 6.11. The van der Waals surface area contributed by atoms with Crippen molar-refractivity contribution in [2.45, 2.75) is 13.5 Å². The molecule has 3 N–H and O–H groups in total. The highest BCUT2D eigenvalue weighted by molar-refractivity contribution is 6.31. The number of hydrogen-bond acceptors (Lipinski definition) is 4. The largest absolute Gasteiger partial charge is 0.486 e. The number of ether oxygens (including phenoxy) is 1. The van der Waals surface area contributed by atoms with Crippen LogP contribution in [0, 0.1) is 6.92 Å². The first-order chi connectivity index (χ1) is 9.41. The van der Waals surface area contributed by atoms with E-state index < -0.39 is 5.97 Å². The number of aromatic nitrogens is 2. The van der Waals surface area contributed by atoms with E-state index in [2.05, 4.69) is 5.10 Å². The third kappa shape index (κ3) is 2.55. The SMILES string of the molecule is Cc1nn(C)c(COc2cccc(N)c2C(=O)O)c1Cl. The number of aromatic carboxylic acids is 1. The topological polar surface area (TPSA) is 90.4 Å². The summed E-state index contributed by atoms with van der Waals surface area (Å²) in [5.74, 6) is -0.933. The Morgan fingerprint density at radius 2 is 2.25 bits per heavy atom. The quantitative estimate of drug-likeness (QED) is 0.844. The summed E-state index contributed by atoms with van der Waals surface area (Å²) < 4.78 is 7.14. The van der Waals surface area contributed by atoms with Gasteiger partial charge in [-0.3, -0.25) is 4.68 Å². The zero-order valence-corrected chi connectivity index (χ0v) is 11.8. The van der Waals surface area contributed by atoms with Crippen LogP contribution in [0.25, 0.3) is 0 Å². The van der Waals surface area contributed by atoms with E-state index in [0.29, 0.717) is 16.4 Å². The van der Waals surface area contributed by atoms with Crippen molar-refractivity contribution in [2.24, 2.45) is 7.05 Å². The number of rotatable bonds is 4. The zero-order chi connectivity index (χ0) is 14.9. The molecule has 2 rings (SSSR count). The molecule has 7 heteroatoms. The van der Waals surface area contributed by atoms with Crippen LogP contribution in [0.1, 0.15) is 21.7 Å². The van der Waals surface area contributed by atoms with Crippen LogP contribution < -0.4 is 10.5 Å². The maximum atomic E-state index is 11.2. The Balaban J connectivity index is 2.28. The molecule has 0 atom stereocenters. The monoisotopic (exact) mass is 295 g/mol. The molecule has 0 aliphatic rings. The predicted octanol–water partition coefficient (Wildman–Crippen LogP) is 2.24. The lowest BCUT2D eigenvalue weighted by Crippen LogP contribution is -2.09. The Morgan fingerprint density at radius 3 is 2.80 bits per heavy atom. The van der Waals surface area contributed by atoms with E-state index >= 15 is 0 Å². The Morgan fingerprint density at radius 1 is 1.55 bits per heavy atom. The smallest absolute Gasteiger partial charge is 0.341 e. The van der Waals surface area contributed by atoms with Gasteiger partial charge in [0.2, 0.25) is 0 Å². The molecule has 1 aromatic heterocycles.